The van der Waals surface area contributed by atoms with Crippen LogP contribution in [0.1, 0.15) is 38.5 Å². The third kappa shape index (κ3) is 3.38. The molecule has 4 heterocycles. The maximum atomic E-state index is 12.9. The number of nitrogens with zero attached hydrogens (tertiary/aromatic N) is 4. The van der Waals surface area contributed by atoms with E-state index in [1.807, 2.05) is 0 Å². The Morgan fingerprint density at radius 1 is 1.11 bits per heavy atom. The van der Waals surface area contributed by atoms with Crippen LogP contribution in [0.2, 0.25) is 0 Å². The highest BCUT2D eigenvalue weighted by Gasteiger charge is 2.56. The zero-order valence-electron chi connectivity index (χ0n) is 15.5. The van der Waals surface area contributed by atoms with Crippen molar-refractivity contribution in [1.29, 1.82) is 0 Å². The van der Waals surface area contributed by atoms with Gasteiger partial charge in [0, 0.05) is 57.3 Å². The molecular formula is C19H23F3N4O2. The molecule has 4 unspecified atom stereocenters. The maximum Gasteiger partial charge on any atom is 0.471 e. The summed E-state index contributed by atoms with van der Waals surface area (Å²) in [6.45, 7) is 1.15. The van der Waals surface area contributed by atoms with Gasteiger partial charge in [-0.1, -0.05) is 0 Å². The number of piperidine rings is 2. The maximum absolute atomic E-state index is 12.9. The van der Waals surface area contributed by atoms with Crippen molar-refractivity contribution in [3.63, 3.8) is 0 Å². The van der Waals surface area contributed by atoms with E-state index >= 15 is 0 Å². The normalized spacial score (nSPS) is 32.2. The number of hydrogen-bond donors (Lipinski definition) is 0. The van der Waals surface area contributed by atoms with E-state index in [0.29, 0.717) is 45.2 Å². The van der Waals surface area contributed by atoms with Crippen LogP contribution < -0.4 is 0 Å². The molecule has 1 saturated carbocycles. The van der Waals surface area contributed by atoms with Gasteiger partial charge in [-0.05, 0) is 24.7 Å². The highest BCUT2D eigenvalue weighted by Crippen LogP contribution is 2.48. The molecule has 9 heteroatoms. The fourth-order valence-corrected chi connectivity index (χ4v) is 5.31. The Kier molecular flexibility index (Phi) is 4.63. The topological polar surface area (TPSA) is 65.3 Å². The van der Waals surface area contributed by atoms with E-state index in [0.717, 1.165) is 11.3 Å². The quantitative estimate of drug-likeness (QED) is 0.671. The van der Waals surface area contributed by atoms with Crippen LogP contribution in [0.25, 0.3) is 0 Å². The molecule has 5 aliphatic rings. The summed E-state index contributed by atoms with van der Waals surface area (Å²) in [7, 11) is 0. The van der Waals surface area contributed by atoms with Crippen molar-refractivity contribution in [3.8, 4) is 12.3 Å². The summed E-state index contributed by atoms with van der Waals surface area (Å²) >= 11 is 0. The largest absolute Gasteiger partial charge is 0.471 e. The van der Waals surface area contributed by atoms with Crippen molar-refractivity contribution >= 4 is 11.8 Å². The standard InChI is InChI=1S/C19H23F3N4O2/c1-2-3-7-18(23-24-18)8-6-16(27)25-10-13-12-4-5-15(14(13)11-25)26(9-12)17(28)19(20,21)22/h1,12-15H,3-11H2. The second kappa shape index (κ2) is 6.75. The number of terminal acetylenes is 1. The first-order valence-electron chi connectivity index (χ1n) is 9.77. The zero-order valence-corrected chi connectivity index (χ0v) is 15.5. The fourth-order valence-electron chi connectivity index (χ4n) is 5.31. The number of rotatable bonds is 5. The van der Waals surface area contributed by atoms with Gasteiger partial charge in [0.15, 0.2) is 5.66 Å². The number of halogens is 3. The van der Waals surface area contributed by atoms with Gasteiger partial charge in [-0.3, -0.25) is 9.59 Å². The number of hydrogen-bond acceptors (Lipinski definition) is 4. The molecule has 4 fully saturated rings. The van der Waals surface area contributed by atoms with Gasteiger partial charge in [-0.15, -0.1) is 12.3 Å². The molecule has 152 valence electrons. The Labute approximate surface area is 161 Å². The number of alkyl halides is 3. The highest BCUT2D eigenvalue weighted by molar-refractivity contribution is 5.82. The van der Waals surface area contributed by atoms with Crippen LogP contribution in [0.5, 0.6) is 0 Å². The predicted octanol–water partition coefficient (Wildman–Crippen LogP) is 2.60. The third-order valence-electron chi connectivity index (χ3n) is 6.82. The smallest absolute Gasteiger partial charge is 0.342 e. The van der Waals surface area contributed by atoms with Gasteiger partial charge in [-0.2, -0.15) is 23.4 Å². The molecule has 0 spiro atoms. The van der Waals surface area contributed by atoms with Crippen molar-refractivity contribution in [2.75, 3.05) is 19.6 Å². The molecular weight excluding hydrogens is 373 g/mol. The predicted molar refractivity (Wildman–Crippen MR) is 92.7 cm³/mol. The van der Waals surface area contributed by atoms with E-state index in [4.69, 9.17) is 6.42 Å². The van der Waals surface area contributed by atoms with E-state index in [9.17, 15) is 22.8 Å². The Hall–Kier alpha value is -2.11. The van der Waals surface area contributed by atoms with Gasteiger partial charge in [0.1, 0.15) is 0 Å². The van der Waals surface area contributed by atoms with Crippen molar-refractivity contribution < 1.29 is 22.8 Å². The average Bonchev–Trinajstić information content (AvgIpc) is 3.28. The van der Waals surface area contributed by atoms with Crippen LogP contribution >= 0.6 is 0 Å². The summed E-state index contributed by atoms with van der Waals surface area (Å²) in [5, 5.41) is 8.07. The Morgan fingerprint density at radius 2 is 1.82 bits per heavy atom. The molecule has 0 aromatic heterocycles. The van der Waals surface area contributed by atoms with E-state index in [1.54, 1.807) is 4.90 Å². The Balaban J connectivity index is 1.36. The van der Waals surface area contributed by atoms with Crippen molar-refractivity contribution in [2.24, 2.45) is 28.0 Å². The SMILES string of the molecule is C#CCCC1(CCC(=O)N2CC3C4CCC(C3C2)N(C(=O)C(F)(F)F)C4)N=N1. The minimum Gasteiger partial charge on any atom is -0.342 e. The highest BCUT2D eigenvalue weighted by atomic mass is 19.4. The molecule has 6 nitrogen and oxygen atoms in total. The van der Waals surface area contributed by atoms with Crippen LogP contribution in [0, 0.1) is 30.1 Å². The fraction of sp³-hybridized carbons (Fsp3) is 0.789. The second-order valence-corrected chi connectivity index (χ2v) is 8.37. The summed E-state index contributed by atoms with van der Waals surface area (Å²) in [5.41, 5.74) is -0.510. The lowest BCUT2D eigenvalue weighted by Gasteiger charge is -2.51. The summed E-state index contributed by atoms with van der Waals surface area (Å²) < 4.78 is 38.8. The second-order valence-electron chi connectivity index (χ2n) is 8.37. The molecule has 5 rings (SSSR count). The first-order chi connectivity index (χ1) is 13.2. The third-order valence-corrected chi connectivity index (χ3v) is 6.82. The Morgan fingerprint density at radius 3 is 2.46 bits per heavy atom. The monoisotopic (exact) mass is 396 g/mol. The summed E-state index contributed by atoms with van der Waals surface area (Å²) in [6.07, 6.45) is 3.85. The summed E-state index contributed by atoms with van der Waals surface area (Å²) in [5.74, 6) is 0.962. The minimum atomic E-state index is -4.84. The first-order valence-corrected chi connectivity index (χ1v) is 9.77. The first kappa shape index (κ1) is 19.2. The molecule has 0 aromatic carbocycles. The molecule has 0 radical (unpaired) electrons. The van der Waals surface area contributed by atoms with Crippen molar-refractivity contribution in [3.05, 3.63) is 0 Å². The van der Waals surface area contributed by atoms with E-state index < -0.39 is 23.8 Å². The van der Waals surface area contributed by atoms with E-state index in [2.05, 4.69) is 16.1 Å². The van der Waals surface area contributed by atoms with Gasteiger partial charge in [-0.25, -0.2) is 0 Å². The lowest BCUT2D eigenvalue weighted by atomic mass is 9.66. The number of carbonyl (C=O) groups is 2. The van der Waals surface area contributed by atoms with Gasteiger partial charge < -0.3 is 9.80 Å². The molecule has 0 aromatic rings. The van der Waals surface area contributed by atoms with E-state index in [1.165, 1.54) is 0 Å². The minimum absolute atomic E-state index is 0.0140. The molecule has 4 aliphatic heterocycles. The molecule has 2 bridgehead atoms. The van der Waals surface area contributed by atoms with Crippen LogP contribution in [0.15, 0.2) is 10.2 Å². The molecule has 28 heavy (non-hydrogen) atoms. The lowest BCUT2D eigenvalue weighted by molar-refractivity contribution is -0.196. The number of fused-ring (bicyclic) bond motifs is 2. The number of carbonyl (C=O) groups excluding carboxylic acids is 2. The van der Waals surface area contributed by atoms with Gasteiger partial charge >= 0.3 is 12.1 Å². The molecule has 1 aliphatic carbocycles. The van der Waals surface area contributed by atoms with Crippen LogP contribution in [-0.4, -0.2) is 59.1 Å². The van der Waals surface area contributed by atoms with Crippen LogP contribution in [-0.2, 0) is 9.59 Å². The molecule has 3 saturated heterocycles. The van der Waals surface area contributed by atoms with Crippen LogP contribution in [0.4, 0.5) is 13.2 Å². The molecule has 4 atom stereocenters. The molecule has 0 N–H and O–H groups in total. The molecule has 2 amide bonds. The van der Waals surface area contributed by atoms with Gasteiger partial charge in [0.25, 0.3) is 0 Å². The number of likely N-dealkylation sites (tertiary alicyclic amines) is 1. The summed E-state index contributed by atoms with van der Waals surface area (Å²) in [4.78, 5) is 27.3. The van der Waals surface area contributed by atoms with Gasteiger partial charge in [0.2, 0.25) is 5.91 Å². The van der Waals surface area contributed by atoms with Crippen molar-refractivity contribution in [2.45, 2.75) is 56.4 Å². The zero-order chi connectivity index (χ0) is 20.1. The van der Waals surface area contributed by atoms with E-state index in [-0.39, 0.29) is 30.2 Å². The van der Waals surface area contributed by atoms with Crippen LogP contribution in [0.3, 0.4) is 0 Å². The Bertz CT molecular complexity index is 738. The average molecular weight is 396 g/mol. The summed E-state index contributed by atoms with van der Waals surface area (Å²) in [6, 6.07) is -0.419. The van der Waals surface area contributed by atoms with Gasteiger partial charge in [0.05, 0.1) is 0 Å². The van der Waals surface area contributed by atoms with Crippen molar-refractivity contribution in [1.82, 2.24) is 9.80 Å². The lowest BCUT2D eigenvalue weighted by Crippen LogP contribution is -2.61. The number of amides is 2.